The molecule has 1 aromatic carbocycles. The molecule has 0 aliphatic rings. The van der Waals surface area contributed by atoms with Crippen LogP contribution in [0.25, 0.3) is 0 Å². The summed E-state index contributed by atoms with van der Waals surface area (Å²) in [6.07, 6.45) is 0. The molecular formula is C13H9Br2NO3S. The summed E-state index contributed by atoms with van der Waals surface area (Å²) in [6.45, 7) is 1.76. The van der Waals surface area contributed by atoms with Crippen LogP contribution in [0.4, 0.5) is 5.69 Å². The molecule has 1 heterocycles. The summed E-state index contributed by atoms with van der Waals surface area (Å²) in [5.74, 6) is -1.41. The number of aryl methyl sites for hydroxylation is 1. The molecule has 2 rings (SSSR count). The average Bonchev–Trinajstić information content (AvgIpc) is 2.74. The maximum Gasteiger partial charge on any atom is 0.348 e. The SMILES string of the molecule is Cc1csc(C(=O)O)c1NC(=O)c1cc(Br)ccc1Br. The Labute approximate surface area is 136 Å². The van der Waals surface area contributed by atoms with E-state index in [-0.39, 0.29) is 10.8 Å². The van der Waals surface area contributed by atoms with Gasteiger partial charge in [0.1, 0.15) is 4.88 Å². The van der Waals surface area contributed by atoms with E-state index in [9.17, 15) is 9.59 Å². The first-order valence-corrected chi connectivity index (χ1v) is 7.94. The second-order valence-electron chi connectivity index (χ2n) is 4.01. The average molecular weight is 419 g/mol. The Morgan fingerprint density at radius 3 is 2.65 bits per heavy atom. The number of hydrogen-bond donors (Lipinski definition) is 2. The quantitative estimate of drug-likeness (QED) is 0.769. The number of carbonyl (C=O) groups excluding carboxylic acids is 1. The highest BCUT2D eigenvalue weighted by Gasteiger charge is 2.19. The first-order valence-electron chi connectivity index (χ1n) is 5.48. The van der Waals surface area contributed by atoms with Crippen LogP contribution >= 0.6 is 43.2 Å². The highest BCUT2D eigenvalue weighted by molar-refractivity contribution is 9.11. The van der Waals surface area contributed by atoms with Crippen molar-refractivity contribution in [1.82, 2.24) is 0 Å². The number of nitrogens with one attached hydrogen (secondary N) is 1. The molecule has 0 saturated carbocycles. The van der Waals surface area contributed by atoms with Crippen LogP contribution < -0.4 is 5.32 Å². The number of thiophene rings is 1. The van der Waals surface area contributed by atoms with Crippen molar-refractivity contribution in [2.45, 2.75) is 6.92 Å². The smallest absolute Gasteiger partial charge is 0.348 e. The van der Waals surface area contributed by atoms with E-state index in [0.29, 0.717) is 15.7 Å². The molecule has 4 nitrogen and oxygen atoms in total. The van der Waals surface area contributed by atoms with Crippen LogP contribution in [-0.2, 0) is 0 Å². The molecular weight excluding hydrogens is 410 g/mol. The molecule has 2 aromatic rings. The van der Waals surface area contributed by atoms with E-state index in [1.807, 2.05) is 0 Å². The van der Waals surface area contributed by atoms with Crippen LogP contribution in [0.1, 0.15) is 25.6 Å². The number of benzene rings is 1. The Morgan fingerprint density at radius 2 is 2.00 bits per heavy atom. The fourth-order valence-electron chi connectivity index (χ4n) is 1.61. The number of carboxylic acids is 1. The van der Waals surface area contributed by atoms with Gasteiger partial charge in [-0.05, 0) is 52.0 Å². The number of amides is 1. The molecule has 0 fully saturated rings. The summed E-state index contributed by atoms with van der Waals surface area (Å²) < 4.78 is 1.41. The fraction of sp³-hybridized carbons (Fsp3) is 0.0769. The number of halogens is 2. The zero-order chi connectivity index (χ0) is 14.9. The number of hydrogen-bond acceptors (Lipinski definition) is 3. The molecule has 0 aliphatic heterocycles. The molecule has 0 aliphatic carbocycles. The summed E-state index contributed by atoms with van der Waals surface area (Å²) in [7, 11) is 0. The lowest BCUT2D eigenvalue weighted by Crippen LogP contribution is -2.14. The lowest BCUT2D eigenvalue weighted by molar-refractivity contribution is 0.0703. The molecule has 7 heteroatoms. The van der Waals surface area contributed by atoms with Gasteiger partial charge >= 0.3 is 5.97 Å². The van der Waals surface area contributed by atoms with E-state index in [1.54, 1.807) is 30.5 Å². The monoisotopic (exact) mass is 417 g/mol. The normalized spacial score (nSPS) is 10.3. The summed E-state index contributed by atoms with van der Waals surface area (Å²) in [5, 5.41) is 13.5. The maximum absolute atomic E-state index is 12.3. The van der Waals surface area contributed by atoms with Gasteiger partial charge in [-0.25, -0.2) is 4.79 Å². The first kappa shape index (κ1) is 15.2. The second kappa shape index (κ2) is 6.07. The molecule has 0 bridgehead atoms. The van der Waals surface area contributed by atoms with Gasteiger partial charge in [-0.2, -0.15) is 0 Å². The minimum absolute atomic E-state index is 0.127. The van der Waals surface area contributed by atoms with Gasteiger partial charge in [0.2, 0.25) is 0 Å². The van der Waals surface area contributed by atoms with Gasteiger partial charge in [0.15, 0.2) is 0 Å². The summed E-state index contributed by atoms with van der Waals surface area (Å²) in [5.41, 5.74) is 1.51. The van der Waals surface area contributed by atoms with Crippen molar-refractivity contribution in [2.75, 3.05) is 5.32 Å². The molecule has 2 N–H and O–H groups in total. The summed E-state index contributed by atoms with van der Waals surface area (Å²) in [6, 6.07) is 5.22. The zero-order valence-corrected chi connectivity index (χ0v) is 14.2. The van der Waals surface area contributed by atoms with Crippen molar-refractivity contribution in [3.8, 4) is 0 Å². The minimum Gasteiger partial charge on any atom is -0.477 e. The van der Waals surface area contributed by atoms with Crippen LogP contribution in [0.2, 0.25) is 0 Å². The molecule has 0 saturated heterocycles. The van der Waals surface area contributed by atoms with E-state index in [4.69, 9.17) is 5.11 Å². The third-order valence-electron chi connectivity index (χ3n) is 2.58. The number of rotatable bonds is 3. The third kappa shape index (κ3) is 3.11. The van der Waals surface area contributed by atoms with Crippen molar-refractivity contribution < 1.29 is 14.7 Å². The van der Waals surface area contributed by atoms with E-state index in [0.717, 1.165) is 21.4 Å². The summed E-state index contributed by atoms with van der Waals surface area (Å²) in [4.78, 5) is 23.5. The minimum atomic E-state index is -1.05. The van der Waals surface area contributed by atoms with Crippen LogP contribution in [0, 0.1) is 6.92 Å². The maximum atomic E-state index is 12.3. The first-order chi connectivity index (χ1) is 9.40. The summed E-state index contributed by atoms with van der Waals surface area (Å²) >= 11 is 7.70. The van der Waals surface area contributed by atoms with Crippen molar-refractivity contribution >= 4 is 60.8 Å². The van der Waals surface area contributed by atoms with Crippen molar-refractivity contribution in [3.63, 3.8) is 0 Å². The predicted octanol–water partition coefficient (Wildman–Crippen LogP) is 4.53. The second-order valence-corrected chi connectivity index (χ2v) is 6.66. The van der Waals surface area contributed by atoms with Gasteiger partial charge in [-0.3, -0.25) is 4.79 Å². The van der Waals surface area contributed by atoms with Crippen LogP contribution in [0.3, 0.4) is 0 Å². The van der Waals surface area contributed by atoms with Gasteiger partial charge in [0.05, 0.1) is 11.3 Å². The van der Waals surface area contributed by atoms with Crippen molar-refractivity contribution in [1.29, 1.82) is 0 Å². The number of carboxylic acid groups (broad SMARTS) is 1. The van der Waals surface area contributed by atoms with E-state index in [1.165, 1.54) is 0 Å². The van der Waals surface area contributed by atoms with E-state index < -0.39 is 5.97 Å². The predicted molar refractivity (Wildman–Crippen MR) is 85.8 cm³/mol. The van der Waals surface area contributed by atoms with Crippen LogP contribution in [-0.4, -0.2) is 17.0 Å². The molecule has 20 heavy (non-hydrogen) atoms. The lowest BCUT2D eigenvalue weighted by Gasteiger charge is -2.08. The van der Waals surface area contributed by atoms with Gasteiger partial charge in [0, 0.05) is 8.95 Å². The van der Waals surface area contributed by atoms with Crippen LogP contribution in [0.5, 0.6) is 0 Å². The Hall–Kier alpha value is -1.18. The Balaban J connectivity index is 2.35. The number of anilines is 1. The Kier molecular flexibility index (Phi) is 4.62. The number of aromatic carboxylic acids is 1. The van der Waals surface area contributed by atoms with Crippen molar-refractivity contribution in [2.24, 2.45) is 0 Å². The van der Waals surface area contributed by atoms with Gasteiger partial charge in [-0.1, -0.05) is 15.9 Å². The largest absolute Gasteiger partial charge is 0.477 e. The lowest BCUT2D eigenvalue weighted by atomic mass is 10.2. The zero-order valence-electron chi connectivity index (χ0n) is 10.2. The van der Waals surface area contributed by atoms with Gasteiger partial charge in [-0.15, -0.1) is 11.3 Å². The van der Waals surface area contributed by atoms with Crippen molar-refractivity contribution in [3.05, 3.63) is 48.5 Å². The molecule has 0 radical (unpaired) electrons. The molecule has 1 aromatic heterocycles. The van der Waals surface area contributed by atoms with Gasteiger partial charge in [0.25, 0.3) is 5.91 Å². The standard InChI is InChI=1S/C13H9Br2NO3S/c1-6-5-20-11(13(18)19)10(6)16-12(17)8-4-7(14)2-3-9(8)15/h2-5H,1H3,(H,16,17)(H,18,19). The Bertz CT molecular complexity index is 697. The highest BCUT2D eigenvalue weighted by atomic mass is 79.9. The third-order valence-corrected chi connectivity index (χ3v) is 4.85. The van der Waals surface area contributed by atoms with E-state index >= 15 is 0 Å². The van der Waals surface area contributed by atoms with Gasteiger partial charge < -0.3 is 10.4 Å². The molecule has 104 valence electrons. The van der Waals surface area contributed by atoms with E-state index in [2.05, 4.69) is 37.2 Å². The molecule has 1 amide bonds. The fourth-order valence-corrected chi connectivity index (χ4v) is 3.24. The molecule has 0 spiro atoms. The number of carbonyl (C=O) groups is 2. The van der Waals surface area contributed by atoms with Crippen LogP contribution in [0.15, 0.2) is 32.5 Å². The molecule has 0 unspecified atom stereocenters. The highest BCUT2D eigenvalue weighted by Crippen LogP contribution is 2.29. The topological polar surface area (TPSA) is 66.4 Å². The molecule has 0 atom stereocenters. The Morgan fingerprint density at radius 1 is 1.30 bits per heavy atom.